The monoisotopic (exact) mass is 1060 g/mol. The van der Waals surface area contributed by atoms with Crippen molar-refractivity contribution < 1.29 is 131 Å². The number of benzene rings is 2. The number of carbonyl (C=O) groups excluding carboxylic acids is 8. The molecule has 0 saturated carbocycles. The van der Waals surface area contributed by atoms with Gasteiger partial charge >= 0.3 is 35.7 Å². The van der Waals surface area contributed by atoms with Gasteiger partial charge in [-0.1, -0.05) is 31.2 Å². The maximum Gasteiger partial charge on any atom is 1.00 e. The molecule has 73 heavy (non-hydrogen) atoms. The van der Waals surface area contributed by atoms with Crippen LogP contribution in [-0.2, 0) is 44.0 Å². The molecule has 14 atom stereocenters. The summed E-state index contributed by atoms with van der Waals surface area (Å²) in [4.78, 5) is 112. The molecule has 8 amide bonds. The zero-order valence-corrected chi connectivity index (χ0v) is 42.0. The van der Waals surface area contributed by atoms with Crippen molar-refractivity contribution in [2.45, 2.75) is 112 Å². The van der Waals surface area contributed by atoms with E-state index in [9.17, 15) is 92.2 Å². The molecule has 0 aromatic heterocycles. The van der Waals surface area contributed by atoms with Crippen molar-refractivity contribution in [3.8, 4) is 17.2 Å². The second kappa shape index (κ2) is 25.4. The van der Waals surface area contributed by atoms with E-state index in [1.165, 1.54) is 31.2 Å². The molecule has 15 N–H and O–H groups in total. The number of para-hydroxylation sites is 1. The molecule has 3 aliphatic heterocycles. The molecule has 3 aliphatic rings. The topological polar surface area (TPSA) is 467 Å². The number of phenols is 1. The van der Waals surface area contributed by atoms with Crippen LogP contribution >= 0.6 is 0 Å². The molecule has 396 valence electrons. The van der Waals surface area contributed by atoms with Crippen LogP contribution in [0.4, 0.5) is 4.79 Å². The average molecular weight is 1060 g/mol. The smallest absolute Gasteiger partial charge is 0.716 e. The fourth-order valence-electron chi connectivity index (χ4n) is 8.25. The number of aromatic hydroxyl groups is 1. The van der Waals surface area contributed by atoms with Gasteiger partial charge in [-0.2, -0.15) is 0 Å². The number of aliphatic hydroxyl groups is 7. The zero-order valence-electron chi connectivity index (χ0n) is 39.2. The summed E-state index contributed by atoms with van der Waals surface area (Å²) < 4.78 is 43.5. The van der Waals surface area contributed by atoms with E-state index in [4.69, 9.17) is 10.5 Å². The summed E-state index contributed by atoms with van der Waals surface area (Å²) in [6.45, 7) is 0.524. The number of hydrogen-bond acceptors (Lipinski definition) is 21. The molecular weight excluding hydrogens is 1010 g/mol. The van der Waals surface area contributed by atoms with Crippen molar-refractivity contribution in [1.29, 1.82) is 0 Å². The minimum atomic E-state index is -5.57. The second-order valence-electron chi connectivity index (χ2n) is 17.4. The van der Waals surface area contributed by atoms with Gasteiger partial charge in [-0.15, -0.1) is 0 Å². The number of nitrogens with zero attached hydrogens (tertiary/aromatic N) is 2. The number of primary amides is 1. The number of ether oxygens (including phenoxy) is 1. The van der Waals surface area contributed by atoms with Crippen molar-refractivity contribution in [2.24, 2.45) is 11.7 Å². The minimum Gasteiger partial charge on any atom is -0.716 e. The van der Waals surface area contributed by atoms with E-state index in [1.807, 2.05) is 5.32 Å². The zero-order chi connectivity index (χ0) is 53.5. The van der Waals surface area contributed by atoms with E-state index in [2.05, 4.69) is 25.5 Å². The maximum atomic E-state index is 14.5. The number of amides is 8. The molecule has 0 radical (unpaired) electrons. The summed E-state index contributed by atoms with van der Waals surface area (Å²) in [6.07, 6.45) is -17.9. The van der Waals surface area contributed by atoms with Gasteiger partial charge in [0.05, 0.1) is 36.9 Å². The second-order valence-corrected chi connectivity index (χ2v) is 18.4. The fraction of sp³-hybridized carbons (Fsp3) is 0.524. The molecule has 3 heterocycles. The molecule has 2 aromatic rings. The summed E-state index contributed by atoms with van der Waals surface area (Å²) in [6, 6.07) is -3.00. The van der Waals surface area contributed by atoms with Crippen LogP contribution in [0, 0.1) is 5.92 Å². The molecule has 31 heteroatoms. The van der Waals surface area contributed by atoms with Gasteiger partial charge in [-0.05, 0) is 36.8 Å². The first-order valence-corrected chi connectivity index (χ1v) is 23.4. The van der Waals surface area contributed by atoms with E-state index in [0.717, 1.165) is 13.0 Å². The van der Waals surface area contributed by atoms with Crippen molar-refractivity contribution in [3.05, 3.63) is 54.1 Å². The fourth-order valence-corrected chi connectivity index (χ4v) is 8.60. The Morgan fingerprint density at radius 1 is 0.836 bits per heavy atom. The number of β-amino-alcohol motifs (C(OH)–C–C–N with tert-alkyl or cyclic N) is 1. The average Bonchev–Trinajstić information content (AvgIpc) is 3.84. The van der Waals surface area contributed by atoms with Crippen LogP contribution in [0.25, 0.3) is 0 Å². The van der Waals surface area contributed by atoms with Crippen LogP contribution in [0.5, 0.6) is 17.2 Å². The molecule has 0 spiro atoms. The SMILES string of the molecule is C[C@@H](O)C1NC(=O)[C@@H](NC(=O)Oc2ccccc2)C[C@@H](O)CNC(=O)C2[C@@H](O)[C@@H](C)CN2C(=O)C([C@H](O)CC(N)=O)NC(=O)C([C@H](O)[C@@H](O)c2ccc(O)c(OS(=O)(=O)[O-])c2)NC(=O)C2C[C@@H](O)CN2C1=O.[Na+]. The van der Waals surface area contributed by atoms with Crippen LogP contribution in [0.3, 0.4) is 0 Å². The number of phenolic OH excluding ortho intramolecular Hbond substituents is 1. The number of carbonyl (C=O) groups is 8. The Hall–Kier alpha value is -5.77. The number of nitrogens with two attached hydrogens (primary N) is 1. The van der Waals surface area contributed by atoms with E-state index in [-0.39, 0.29) is 35.3 Å². The van der Waals surface area contributed by atoms with E-state index >= 15 is 0 Å². The van der Waals surface area contributed by atoms with Crippen LogP contribution < -0.4 is 70.8 Å². The largest absolute Gasteiger partial charge is 1.00 e. The van der Waals surface area contributed by atoms with Crippen molar-refractivity contribution in [1.82, 2.24) is 36.4 Å². The van der Waals surface area contributed by atoms with Gasteiger partial charge in [0.15, 0.2) is 11.5 Å². The molecule has 5 unspecified atom stereocenters. The quantitative estimate of drug-likeness (QED) is 0.0564. The van der Waals surface area contributed by atoms with Crippen molar-refractivity contribution in [3.63, 3.8) is 0 Å². The molecular formula is C42H55N8NaO21S. The van der Waals surface area contributed by atoms with Gasteiger partial charge < -0.3 is 96.4 Å². The normalized spacial score (nSPS) is 28.5. The summed E-state index contributed by atoms with van der Waals surface area (Å²) in [5, 5.41) is 99.4. The number of rotatable bonds is 11. The Balaban J connectivity index is 0.0000116. The summed E-state index contributed by atoms with van der Waals surface area (Å²) >= 11 is 0. The van der Waals surface area contributed by atoms with Crippen LogP contribution in [0.2, 0.25) is 0 Å². The number of fused-ring (bicyclic) bond motifs is 2. The van der Waals surface area contributed by atoms with Gasteiger partial charge in [-0.3, -0.25) is 33.6 Å². The van der Waals surface area contributed by atoms with Gasteiger partial charge in [0, 0.05) is 38.4 Å². The van der Waals surface area contributed by atoms with Crippen molar-refractivity contribution in [2.75, 3.05) is 19.6 Å². The Morgan fingerprint density at radius 3 is 2.07 bits per heavy atom. The first-order valence-electron chi connectivity index (χ1n) is 22.0. The van der Waals surface area contributed by atoms with E-state index in [0.29, 0.717) is 21.9 Å². The molecule has 5 rings (SSSR count). The van der Waals surface area contributed by atoms with Crippen LogP contribution in [0.15, 0.2) is 48.5 Å². The van der Waals surface area contributed by atoms with Crippen molar-refractivity contribution >= 4 is 57.8 Å². The van der Waals surface area contributed by atoms with Crippen LogP contribution in [0.1, 0.15) is 44.8 Å². The Labute approximate surface area is 437 Å². The first-order chi connectivity index (χ1) is 33.7. The van der Waals surface area contributed by atoms with Gasteiger partial charge in [0.2, 0.25) is 41.4 Å². The first kappa shape index (κ1) is 59.8. The third kappa shape index (κ3) is 15.4. The molecule has 3 saturated heterocycles. The third-order valence-electron chi connectivity index (χ3n) is 11.9. The minimum absolute atomic E-state index is 0. The molecule has 0 aliphatic carbocycles. The Kier molecular flexibility index (Phi) is 20.8. The predicted molar refractivity (Wildman–Crippen MR) is 237 cm³/mol. The standard InChI is InChI=1S/C42H56N8O21S.Na/c1-17-15-50-32(33(17)57)39(63)44-14-20(52)11-23(45-42(66)70-22-6-4-3-5-7-22)36(60)46-29(18(2)51)40(64)49-16-21(53)12-24(49)37(61)48-31(38(62)47-30(41(50)65)26(55)13-28(43)56)35(59)34(58)19-8-9-25(54)27(10-19)71-72(67,68)69;/h3-10,17-18,20-21,23-24,26,29-35,51-55,57-59H,11-16H2,1-2H3,(H2,43,56)(H,44,63)(H,45,66)(H,46,60)(H,47,62)(H,48,61)(H,67,68,69);/q;+1/p-1/t17-,18+,20+,21+,23-,24?,26+,29?,30?,31?,32?,33-,34-,35-;/m0./s1. The summed E-state index contributed by atoms with van der Waals surface area (Å²) in [5.41, 5.74) is 4.70. The number of nitrogens with one attached hydrogen (secondary N) is 5. The van der Waals surface area contributed by atoms with Gasteiger partial charge in [0.1, 0.15) is 54.2 Å². The summed E-state index contributed by atoms with van der Waals surface area (Å²) in [7, 11) is -5.57. The third-order valence-corrected chi connectivity index (χ3v) is 12.3. The molecule has 0 bridgehead atoms. The number of hydrogen-bond donors (Lipinski definition) is 14. The Morgan fingerprint density at radius 2 is 1.45 bits per heavy atom. The van der Waals surface area contributed by atoms with Gasteiger partial charge in [-0.25, -0.2) is 13.2 Å². The van der Waals surface area contributed by atoms with E-state index < -0.39 is 199 Å². The van der Waals surface area contributed by atoms with Gasteiger partial charge in [0.25, 0.3) is 10.4 Å². The molecule has 3 fully saturated rings. The van der Waals surface area contributed by atoms with E-state index in [1.54, 1.807) is 6.07 Å². The van der Waals surface area contributed by atoms with Crippen LogP contribution in [-0.4, -0.2) is 204 Å². The number of aliphatic hydroxyl groups excluding tert-OH is 7. The molecule has 29 nitrogen and oxygen atoms in total. The maximum absolute atomic E-state index is 14.5. The molecule has 2 aromatic carbocycles. The predicted octanol–water partition coefficient (Wildman–Crippen LogP) is -10.1. The summed E-state index contributed by atoms with van der Waals surface area (Å²) in [5.74, 6) is -12.4. The Bertz CT molecular complexity index is 2480.